The van der Waals surface area contributed by atoms with Gasteiger partial charge in [0.1, 0.15) is 5.82 Å². The lowest BCUT2D eigenvalue weighted by molar-refractivity contribution is 0.408. The molecule has 0 amide bonds. The third kappa shape index (κ3) is 3.20. The summed E-state index contributed by atoms with van der Waals surface area (Å²) < 4.78 is 13.7. The molecule has 0 spiro atoms. The smallest absolute Gasteiger partial charge is 0.144 e. The number of halogens is 2. The van der Waals surface area contributed by atoms with Crippen molar-refractivity contribution < 1.29 is 4.39 Å². The Morgan fingerprint density at radius 2 is 2.06 bits per heavy atom. The molecule has 1 aromatic rings. The van der Waals surface area contributed by atoms with Crippen LogP contribution in [0.25, 0.3) is 0 Å². The Morgan fingerprint density at radius 3 is 2.76 bits per heavy atom. The molecule has 1 nitrogen and oxygen atoms in total. The van der Waals surface area contributed by atoms with Gasteiger partial charge in [0.2, 0.25) is 0 Å². The molecule has 1 fully saturated rings. The number of hydrogen-bond donors (Lipinski definition) is 1. The first-order chi connectivity index (χ1) is 8.18. The molecule has 17 heavy (non-hydrogen) atoms. The Hall–Kier alpha value is -0.600. The second-order valence-corrected chi connectivity index (χ2v) is 5.37. The van der Waals surface area contributed by atoms with Crippen LogP contribution in [0.1, 0.15) is 37.7 Å². The van der Waals surface area contributed by atoms with Crippen molar-refractivity contribution in [3.8, 4) is 0 Å². The quantitative estimate of drug-likeness (QED) is 0.867. The van der Waals surface area contributed by atoms with Crippen molar-refractivity contribution in [3.05, 3.63) is 34.6 Å². The van der Waals surface area contributed by atoms with E-state index < -0.39 is 0 Å². The Kier molecular flexibility index (Phi) is 4.41. The van der Waals surface area contributed by atoms with Crippen LogP contribution in [0.3, 0.4) is 0 Å². The second-order valence-electron chi connectivity index (χ2n) is 4.96. The molecule has 1 aliphatic rings. The van der Waals surface area contributed by atoms with Gasteiger partial charge in [-0.15, -0.1) is 0 Å². The molecule has 0 bridgehead atoms. The molecular formula is C14H19ClFN. The van der Waals surface area contributed by atoms with Crippen LogP contribution in [0.2, 0.25) is 5.02 Å². The highest BCUT2D eigenvalue weighted by molar-refractivity contribution is 6.30. The molecular weight excluding hydrogens is 237 g/mol. The van der Waals surface area contributed by atoms with Crippen LogP contribution in [0.4, 0.5) is 4.39 Å². The fourth-order valence-electron chi connectivity index (χ4n) is 2.68. The van der Waals surface area contributed by atoms with Gasteiger partial charge in [-0.2, -0.15) is 0 Å². The first kappa shape index (κ1) is 12.8. The van der Waals surface area contributed by atoms with Crippen molar-refractivity contribution in [2.24, 2.45) is 11.7 Å². The summed E-state index contributed by atoms with van der Waals surface area (Å²) in [6.07, 6.45) is 6.60. The highest BCUT2D eigenvalue weighted by Crippen LogP contribution is 2.29. The van der Waals surface area contributed by atoms with E-state index in [9.17, 15) is 4.39 Å². The molecule has 2 rings (SSSR count). The van der Waals surface area contributed by atoms with E-state index in [-0.39, 0.29) is 16.9 Å². The number of hydrogen-bond acceptors (Lipinski definition) is 1. The zero-order valence-electron chi connectivity index (χ0n) is 9.96. The van der Waals surface area contributed by atoms with Crippen LogP contribution in [-0.4, -0.2) is 6.04 Å². The highest BCUT2D eigenvalue weighted by atomic mass is 35.5. The average molecular weight is 256 g/mol. The van der Waals surface area contributed by atoms with Crippen molar-refractivity contribution in [3.63, 3.8) is 0 Å². The highest BCUT2D eigenvalue weighted by Gasteiger charge is 2.22. The van der Waals surface area contributed by atoms with E-state index in [1.165, 1.54) is 25.7 Å². The summed E-state index contributed by atoms with van der Waals surface area (Å²) >= 11 is 5.75. The van der Waals surface area contributed by atoms with Crippen molar-refractivity contribution in [2.45, 2.75) is 44.6 Å². The topological polar surface area (TPSA) is 26.0 Å². The molecule has 1 aromatic carbocycles. The Morgan fingerprint density at radius 1 is 1.35 bits per heavy atom. The zero-order valence-corrected chi connectivity index (χ0v) is 10.7. The lowest BCUT2D eigenvalue weighted by Gasteiger charge is -2.18. The van der Waals surface area contributed by atoms with Crippen molar-refractivity contribution in [1.82, 2.24) is 0 Å². The summed E-state index contributed by atoms with van der Waals surface area (Å²) in [5.41, 5.74) is 6.85. The molecule has 1 atom stereocenters. The minimum atomic E-state index is -0.284. The first-order valence-electron chi connectivity index (χ1n) is 6.37. The molecule has 0 radical (unpaired) electrons. The molecule has 0 aromatic heterocycles. The summed E-state index contributed by atoms with van der Waals surface area (Å²) in [5.74, 6) is 0.352. The van der Waals surface area contributed by atoms with Crippen LogP contribution in [-0.2, 0) is 6.42 Å². The van der Waals surface area contributed by atoms with E-state index in [4.69, 9.17) is 17.3 Å². The molecule has 0 aliphatic heterocycles. The number of benzene rings is 1. The van der Waals surface area contributed by atoms with Gasteiger partial charge >= 0.3 is 0 Å². The summed E-state index contributed by atoms with van der Waals surface area (Å²) in [6.45, 7) is 0. The van der Waals surface area contributed by atoms with Crippen LogP contribution in [0.5, 0.6) is 0 Å². The van der Waals surface area contributed by atoms with E-state index >= 15 is 0 Å². The predicted molar refractivity (Wildman–Crippen MR) is 69.7 cm³/mol. The van der Waals surface area contributed by atoms with Crippen molar-refractivity contribution in [2.75, 3.05) is 0 Å². The fraction of sp³-hybridized carbons (Fsp3) is 0.571. The van der Waals surface area contributed by atoms with E-state index in [0.717, 1.165) is 6.42 Å². The van der Waals surface area contributed by atoms with Crippen LogP contribution < -0.4 is 5.73 Å². The van der Waals surface area contributed by atoms with E-state index in [1.807, 2.05) is 0 Å². The van der Waals surface area contributed by atoms with Gasteiger partial charge in [-0.25, -0.2) is 4.39 Å². The average Bonchev–Trinajstić information content (AvgIpc) is 2.84. The minimum Gasteiger partial charge on any atom is -0.327 e. The van der Waals surface area contributed by atoms with E-state index in [2.05, 4.69) is 0 Å². The summed E-state index contributed by atoms with van der Waals surface area (Å²) in [4.78, 5) is 0. The maximum Gasteiger partial charge on any atom is 0.144 e. The van der Waals surface area contributed by atoms with E-state index in [0.29, 0.717) is 17.9 Å². The molecule has 0 heterocycles. The molecule has 1 saturated carbocycles. The first-order valence-corrected chi connectivity index (χ1v) is 6.74. The third-order valence-electron chi connectivity index (χ3n) is 3.78. The van der Waals surface area contributed by atoms with Gasteiger partial charge in [0.25, 0.3) is 0 Å². The van der Waals surface area contributed by atoms with Gasteiger partial charge < -0.3 is 5.73 Å². The summed E-state index contributed by atoms with van der Waals surface area (Å²) in [6, 6.07) is 5.37. The Labute approximate surface area is 107 Å². The summed E-state index contributed by atoms with van der Waals surface area (Å²) in [5, 5.41) is 0.205. The number of aryl methyl sites for hydroxylation is 1. The van der Waals surface area contributed by atoms with Gasteiger partial charge in [0.15, 0.2) is 0 Å². The lowest BCUT2D eigenvalue weighted by Crippen LogP contribution is -2.28. The van der Waals surface area contributed by atoms with Crippen molar-refractivity contribution in [1.29, 1.82) is 0 Å². The molecule has 1 aliphatic carbocycles. The molecule has 1 unspecified atom stereocenters. The minimum absolute atomic E-state index is 0.205. The van der Waals surface area contributed by atoms with Crippen LogP contribution in [0, 0.1) is 11.7 Å². The maximum atomic E-state index is 13.7. The molecule has 2 N–H and O–H groups in total. The third-order valence-corrected chi connectivity index (χ3v) is 4.08. The zero-order chi connectivity index (χ0) is 12.3. The SMILES string of the molecule is NC(CCc1cccc(Cl)c1F)C1CCCC1. The number of nitrogens with two attached hydrogens (primary N) is 1. The largest absolute Gasteiger partial charge is 0.327 e. The van der Waals surface area contributed by atoms with Crippen LogP contribution in [0.15, 0.2) is 18.2 Å². The summed E-state index contributed by atoms with van der Waals surface area (Å²) in [7, 11) is 0. The van der Waals surface area contributed by atoms with E-state index in [1.54, 1.807) is 18.2 Å². The van der Waals surface area contributed by atoms with Gasteiger partial charge in [-0.1, -0.05) is 36.6 Å². The van der Waals surface area contributed by atoms with Gasteiger partial charge in [0.05, 0.1) is 5.02 Å². The molecule has 3 heteroatoms. The fourth-order valence-corrected chi connectivity index (χ4v) is 2.88. The monoisotopic (exact) mass is 255 g/mol. The number of rotatable bonds is 4. The van der Waals surface area contributed by atoms with Crippen molar-refractivity contribution >= 4 is 11.6 Å². The Balaban J connectivity index is 1.90. The normalized spacial score (nSPS) is 18.5. The lowest BCUT2D eigenvalue weighted by atomic mass is 9.93. The van der Waals surface area contributed by atoms with Crippen LogP contribution >= 0.6 is 11.6 Å². The van der Waals surface area contributed by atoms with Gasteiger partial charge in [0, 0.05) is 6.04 Å². The standard InChI is InChI=1S/C14H19ClFN/c15-12-7-3-6-11(14(12)16)8-9-13(17)10-4-1-2-5-10/h3,6-7,10,13H,1-2,4-5,8-9,17H2. The predicted octanol–water partition coefficient (Wildman–Crippen LogP) is 3.93. The van der Waals surface area contributed by atoms with Gasteiger partial charge in [-0.05, 0) is 43.2 Å². The maximum absolute atomic E-state index is 13.7. The second kappa shape index (κ2) is 5.83. The molecule has 94 valence electrons. The molecule has 0 saturated heterocycles. The Bertz CT molecular complexity index is 374. The van der Waals surface area contributed by atoms with Gasteiger partial charge in [-0.3, -0.25) is 0 Å².